The van der Waals surface area contributed by atoms with E-state index in [1.165, 1.54) is 0 Å². The van der Waals surface area contributed by atoms with Crippen molar-refractivity contribution in [3.05, 3.63) is 0 Å². The minimum atomic E-state index is -0.734. The lowest BCUT2D eigenvalue weighted by Gasteiger charge is -2.15. The van der Waals surface area contributed by atoms with Crippen molar-refractivity contribution in [2.24, 2.45) is 0 Å². The van der Waals surface area contributed by atoms with Gasteiger partial charge in [-0.3, -0.25) is 0 Å². The van der Waals surface area contributed by atoms with Gasteiger partial charge in [0.25, 0.3) is 0 Å². The zero-order valence-corrected chi connectivity index (χ0v) is 11.7. The predicted octanol–water partition coefficient (Wildman–Crippen LogP) is 0.822. The van der Waals surface area contributed by atoms with Gasteiger partial charge in [0.1, 0.15) is 18.3 Å². The molecule has 2 N–H and O–H groups in total. The standard InChI is InChI=1S/C8H16O5.2C2H6/c1-11-2-3-12-7-5-13-6(4-9)8(7)10;2*1-2/h6-10H,2-5H2,1H3;2*1-2H3. The number of hydrogen-bond acceptors (Lipinski definition) is 5. The lowest BCUT2D eigenvalue weighted by atomic mass is 10.1. The van der Waals surface area contributed by atoms with Crippen molar-refractivity contribution in [3.8, 4) is 0 Å². The largest absolute Gasteiger partial charge is 0.394 e. The van der Waals surface area contributed by atoms with Gasteiger partial charge in [0, 0.05) is 7.11 Å². The Morgan fingerprint density at radius 1 is 1.18 bits per heavy atom. The fraction of sp³-hybridized carbons (Fsp3) is 1.00. The van der Waals surface area contributed by atoms with Crippen molar-refractivity contribution in [1.29, 1.82) is 0 Å². The van der Waals surface area contributed by atoms with Crippen LogP contribution in [0.2, 0.25) is 0 Å². The number of rotatable bonds is 5. The van der Waals surface area contributed by atoms with E-state index in [4.69, 9.17) is 19.3 Å². The van der Waals surface area contributed by atoms with Crippen molar-refractivity contribution in [1.82, 2.24) is 0 Å². The molecule has 0 aromatic carbocycles. The molecule has 0 aliphatic carbocycles. The average molecular weight is 252 g/mol. The number of aliphatic hydroxyl groups is 2. The Kier molecular flexibility index (Phi) is 15.6. The van der Waals surface area contributed by atoms with E-state index in [0.29, 0.717) is 19.8 Å². The normalized spacial score (nSPS) is 26.6. The second-order valence-corrected chi connectivity index (χ2v) is 2.95. The van der Waals surface area contributed by atoms with E-state index < -0.39 is 12.2 Å². The highest BCUT2D eigenvalue weighted by Crippen LogP contribution is 2.16. The summed E-state index contributed by atoms with van der Waals surface area (Å²) in [5, 5.41) is 18.3. The van der Waals surface area contributed by atoms with Gasteiger partial charge in [-0.05, 0) is 0 Å². The van der Waals surface area contributed by atoms with Crippen LogP contribution in [0.4, 0.5) is 0 Å². The first-order valence-electron chi connectivity index (χ1n) is 6.30. The molecule has 106 valence electrons. The number of hydrogen-bond donors (Lipinski definition) is 2. The van der Waals surface area contributed by atoms with Gasteiger partial charge in [0.05, 0.1) is 26.4 Å². The summed E-state index contributed by atoms with van der Waals surface area (Å²) in [6.07, 6.45) is -1.58. The number of aliphatic hydroxyl groups excluding tert-OH is 2. The van der Waals surface area contributed by atoms with Crippen molar-refractivity contribution in [2.45, 2.75) is 46.0 Å². The highest BCUT2D eigenvalue weighted by molar-refractivity contribution is 4.83. The Morgan fingerprint density at radius 2 is 1.76 bits per heavy atom. The van der Waals surface area contributed by atoms with Crippen LogP contribution >= 0.6 is 0 Å². The second kappa shape index (κ2) is 13.9. The summed E-state index contributed by atoms with van der Waals surface area (Å²) >= 11 is 0. The molecule has 1 aliphatic heterocycles. The summed E-state index contributed by atoms with van der Waals surface area (Å²) in [6, 6.07) is 0. The smallest absolute Gasteiger partial charge is 0.111 e. The first-order chi connectivity index (χ1) is 8.29. The lowest BCUT2D eigenvalue weighted by molar-refractivity contribution is -0.0396. The molecule has 0 radical (unpaired) electrons. The molecule has 0 saturated carbocycles. The summed E-state index contributed by atoms with van der Waals surface area (Å²) < 4.78 is 15.2. The van der Waals surface area contributed by atoms with Gasteiger partial charge >= 0.3 is 0 Å². The van der Waals surface area contributed by atoms with Crippen molar-refractivity contribution < 1.29 is 24.4 Å². The summed E-state index contributed by atoms with van der Waals surface area (Å²) in [7, 11) is 1.58. The van der Waals surface area contributed by atoms with E-state index in [2.05, 4.69) is 0 Å². The van der Waals surface area contributed by atoms with E-state index in [1.54, 1.807) is 7.11 Å². The van der Waals surface area contributed by atoms with E-state index in [1.807, 2.05) is 27.7 Å². The second-order valence-electron chi connectivity index (χ2n) is 2.95. The van der Waals surface area contributed by atoms with Crippen molar-refractivity contribution in [3.63, 3.8) is 0 Å². The quantitative estimate of drug-likeness (QED) is 0.709. The van der Waals surface area contributed by atoms with Crippen LogP contribution in [0, 0.1) is 0 Å². The third-order valence-electron chi connectivity index (χ3n) is 2.04. The molecule has 1 rings (SSSR count). The van der Waals surface area contributed by atoms with Gasteiger partial charge in [-0.25, -0.2) is 0 Å². The molecule has 1 fully saturated rings. The zero-order valence-electron chi connectivity index (χ0n) is 11.7. The topological polar surface area (TPSA) is 68.2 Å². The van der Waals surface area contributed by atoms with Crippen LogP contribution in [0.1, 0.15) is 27.7 Å². The molecule has 0 spiro atoms. The molecule has 0 amide bonds. The Bertz CT molecular complexity index is 143. The van der Waals surface area contributed by atoms with Gasteiger partial charge in [0.2, 0.25) is 0 Å². The van der Waals surface area contributed by atoms with Gasteiger partial charge in [-0.1, -0.05) is 27.7 Å². The first-order valence-corrected chi connectivity index (χ1v) is 6.30. The van der Waals surface area contributed by atoms with Crippen molar-refractivity contribution in [2.75, 3.05) is 33.5 Å². The molecule has 0 bridgehead atoms. The van der Waals surface area contributed by atoms with Crippen LogP contribution < -0.4 is 0 Å². The van der Waals surface area contributed by atoms with Gasteiger partial charge in [-0.15, -0.1) is 0 Å². The fourth-order valence-electron chi connectivity index (χ4n) is 1.25. The molecule has 5 heteroatoms. The van der Waals surface area contributed by atoms with Crippen LogP contribution in [0.3, 0.4) is 0 Å². The monoisotopic (exact) mass is 252 g/mol. The third kappa shape index (κ3) is 7.68. The molecule has 3 atom stereocenters. The molecule has 17 heavy (non-hydrogen) atoms. The highest BCUT2D eigenvalue weighted by atomic mass is 16.6. The SMILES string of the molecule is CC.CC.COCCOC1COC(CO)C1O. The van der Waals surface area contributed by atoms with Crippen molar-refractivity contribution >= 4 is 0 Å². The average Bonchev–Trinajstić information content (AvgIpc) is 2.76. The van der Waals surface area contributed by atoms with E-state index in [9.17, 15) is 5.11 Å². The molecule has 0 aromatic heterocycles. The Morgan fingerprint density at radius 3 is 2.18 bits per heavy atom. The summed E-state index contributed by atoms with van der Waals surface area (Å²) in [6.45, 7) is 9.08. The Balaban J connectivity index is 0. The van der Waals surface area contributed by atoms with Crippen LogP contribution in [0.15, 0.2) is 0 Å². The summed E-state index contributed by atoms with van der Waals surface area (Å²) in [5.74, 6) is 0. The molecular formula is C12H28O5. The minimum Gasteiger partial charge on any atom is -0.394 e. The summed E-state index contributed by atoms with van der Waals surface area (Å²) in [4.78, 5) is 0. The van der Waals surface area contributed by atoms with Crippen LogP contribution in [-0.4, -0.2) is 62.1 Å². The van der Waals surface area contributed by atoms with Gasteiger partial charge in [0.15, 0.2) is 0 Å². The van der Waals surface area contributed by atoms with E-state index in [-0.39, 0.29) is 12.7 Å². The molecule has 0 aromatic rings. The molecular weight excluding hydrogens is 224 g/mol. The summed E-state index contributed by atoms with van der Waals surface area (Å²) in [5.41, 5.74) is 0. The van der Waals surface area contributed by atoms with Crippen LogP contribution in [0.5, 0.6) is 0 Å². The lowest BCUT2D eigenvalue weighted by Crippen LogP contribution is -2.34. The Labute approximate surface area is 105 Å². The number of ether oxygens (including phenoxy) is 3. The minimum absolute atomic E-state index is 0.175. The third-order valence-corrected chi connectivity index (χ3v) is 2.04. The van der Waals surface area contributed by atoms with Gasteiger partial charge < -0.3 is 24.4 Å². The predicted molar refractivity (Wildman–Crippen MR) is 67.1 cm³/mol. The first kappa shape index (κ1) is 19.1. The maximum absolute atomic E-state index is 9.50. The number of methoxy groups -OCH3 is 1. The maximum Gasteiger partial charge on any atom is 0.111 e. The molecule has 3 unspecified atom stereocenters. The van der Waals surface area contributed by atoms with Crippen LogP contribution in [-0.2, 0) is 14.2 Å². The Hall–Kier alpha value is -0.200. The fourth-order valence-corrected chi connectivity index (χ4v) is 1.25. The van der Waals surface area contributed by atoms with Gasteiger partial charge in [-0.2, -0.15) is 0 Å². The highest BCUT2D eigenvalue weighted by Gasteiger charge is 2.35. The van der Waals surface area contributed by atoms with E-state index >= 15 is 0 Å². The van der Waals surface area contributed by atoms with E-state index in [0.717, 1.165) is 0 Å². The molecule has 1 aliphatic rings. The molecule has 5 nitrogen and oxygen atoms in total. The zero-order chi connectivity index (χ0) is 13.7. The maximum atomic E-state index is 9.50. The molecule has 1 saturated heterocycles. The van der Waals surface area contributed by atoms with Crippen LogP contribution in [0.25, 0.3) is 0 Å². The molecule has 1 heterocycles.